The lowest BCUT2D eigenvalue weighted by Crippen LogP contribution is -2.13. The number of rotatable bonds is 4. The highest BCUT2D eigenvalue weighted by Crippen LogP contribution is 2.11. The van der Waals surface area contributed by atoms with Gasteiger partial charge in [0.1, 0.15) is 5.82 Å². The highest BCUT2D eigenvalue weighted by Gasteiger charge is 2.06. The minimum absolute atomic E-state index is 0.114. The SMILES string of the molecule is CCOCc1ccc(/C(N)=N/O)cc1F. The first kappa shape index (κ1) is 11.5. The molecule has 0 atom stereocenters. The van der Waals surface area contributed by atoms with Gasteiger partial charge in [-0.2, -0.15) is 0 Å². The first-order chi connectivity index (χ1) is 7.19. The molecule has 0 spiro atoms. The molecule has 0 aliphatic heterocycles. The molecule has 0 bridgehead atoms. The fraction of sp³-hybridized carbons (Fsp3) is 0.300. The standard InChI is InChI=1S/C10H13FN2O2/c1-2-15-6-8-4-3-7(5-9(8)11)10(12)13-14/h3-5,14H,2,6H2,1H3,(H2,12,13). The molecule has 0 aromatic heterocycles. The van der Waals surface area contributed by atoms with Crippen molar-refractivity contribution in [1.29, 1.82) is 0 Å². The van der Waals surface area contributed by atoms with Crippen LogP contribution in [0.15, 0.2) is 23.4 Å². The van der Waals surface area contributed by atoms with Crippen molar-refractivity contribution in [2.24, 2.45) is 10.9 Å². The molecule has 0 saturated heterocycles. The van der Waals surface area contributed by atoms with Gasteiger partial charge in [0.2, 0.25) is 0 Å². The predicted octanol–water partition coefficient (Wildman–Crippen LogP) is 1.46. The Morgan fingerprint density at radius 3 is 2.87 bits per heavy atom. The molecule has 0 unspecified atom stereocenters. The summed E-state index contributed by atoms with van der Waals surface area (Å²) in [6.07, 6.45) is 0. The molecule has 0 amide bonds. The molecule has 1 aromatic rings. The Morgan fingerprint density at radius 2 is 2.33 bits per heavy atom. The van der Waals surface area contributed by atoms with Crippen molar-refractivity contribution in [2.45, 2.75) is 13.5 Å². The molecular formula is C10H13FN2O2. The monoisotopic (exact) mass is 212 g/mol. The van der Waals surface area contributed by atoms with Crippen LogP contribution in [0.2, 0.25) is 0 Å². The number of hydrogen-bond donors (Lipinski definition) is 2. The van der Waals surface area contributed by atoms with Gasteiger partial charge in [-0.15, -0.1) is 0 Å². The van der Waals surface area contributed by atoms with Crippen LogP contribution in [0.3, 0.4) is 0 Å². The maximum atomic E-state index is 13.4. The van der Waals surface area contributed by atoms with Crippen molar-refractivity contribution >= 4 is 5.84 Å². The number of oxime groups is 1. The van der Waals surface area contributed by atoms with Gasteiger partial charge in [0.05, 0.1) is 6.61 Å². The molecule has 0 aliphatic rings. The first-order valence-electron chi connectivity index (χ1n) is 4.53. The highest BCUT2D eigenvalue weighted by molar-refractivity contribution is 5.97. The number of hydrogen-bond acceptors (Lipinski definition) is 3. The summed E-state index contributed by atoms with van der Waals surface area (Å²) in [6.45, 7) is 2.59. The van der Waals surface area contributed by atoms with Crippen molar-refractivity contribution < 1.29 is 14.3 Å². The van der Waals surface area contributed by atoms with Crippen LogP contribution in [0, 0.1) is 5.82 Å². The van der Waals surface area contributed by atoms with E-state index in [0.717, 1.165) is 0 Å². The van der Waals surface area contributed by atoms with Gasteiger partial charge in [-0.25, -0.2) is 4.39 Å². The van der Waals surface area contributed by atoms with Crippen LogP contribution in [0.25, 0.3) is 0 Å². The summed E-state index contributed by atoms with van der Waals surface area (Å²) in [5.74, 6) is -0.538. The van der Waals surface area contributed by atoms with Crippen LogP contribution in [-0.4, -0.2) is 17.6 Å². The molecule has 3 N–H and O–H groups in total. The van der Waals surface area contributed by atoms with E-state index >= 15 is 0 Å². The Morgan fingerprint density at radius 1 is 1.60 bits per heavy atom. The average Bonchev–Trinajstić information content (AvgIpc) is 2.26. The Labute approximate surface area is 87.2 Å². The maximum absolute atomic E-state index is 13.4. The Balaban J connectivity index is 2.88. The minimum atomic E-state index is -0.424. The van der Waals surface area contributed by atoms with Gasteiger partial charge in [0, 0.05) is 17.7 Å². The van der Waals surface area contributed by atoms with Crippen molar-refractivity contribution in [3.05, 3.63) is 35.1 Å². The smallest absolute Gasteiger partial charge is 0.170 e. The van der Waals surface area contributed by atoms with E-state index in [1.54, 1.807) is 12.1 Å². The number of halogens is 1. The third kappa shape index (κ3) is 2.92. The zero-order valence-corrected chi connectivity index (χ0v) is 8.40. The first-order valence-corrected chi connectivity index (χ1v) is 4.53. The maximum Gasteiger partial charge on any atom is 0.170 e. The number of benzene rings is 1. The molecule has 0 aliphatic carbocycles. The zero-order chi connectivity index (χ0) is 11.3. The van der Waals surface area contributed by atoms with Gasteiger partial charge in [-0.3, -0.25) is 0 Å². The lowest BCUT2D eigenvalue weighted by Gasteiger charge is -2.05. The van der Waals surface area contributed by atoms with Crippen molar-refractivity contribution in [2.75, 3.05) is 6.61 Å². The fourth-order valence-corrected chi connectivity index (χ4v) is 1.09. The third-order valence-corrected chi connectivity index (χ3v) is 1.92. The molecule has 5 heteroatoms. The predicted molar refractivity (Wildman–Crippen MR) is 54.2 cm³/mol. The third-order valence-electron chi connectivity index (χ3n) is 1.92. The fourth-order valence-electron chi connectivity index (χ4n) is 1.09. The Kier molecular flexibility index (Phi) is 4.05. The molecule has 82 valence electrons. The molecule has 0 fully saturated rings. The van der Waals surface area contributed by atoms with Crippen LogP contribution in [-0.2, 0) is 11.3 Å². The summed E-state index contributed by atoms with van der Waals surface area (Å²) in [5.41, 5.74) is 6.11. The lowest BCUT2D eigenvalue weighted by atomic mass is 10.1. The zero-order valence-electron chi connectivity index (χ0n) is 8.40. The van der Waals surface area contributed by atoms with E-state index < -0.39 is 5.82 Å². The van der Waals surface area contributed by atoms with E-state index in [-0.39, 0.29) is 12.4 Å². The number of ether oxygens (including phenoxy) is 1. The van der Waals surface area contributed by atoms with E-state index in [0.29, 0.717) is 17.7 Å². The molecule has 0 radical (unpaired) electrons. The van der Waals surface area contributed by atoms with E-state index in [1.165, 1.54) is 6.07 Å². The van der Waals surface area contributed by atoms with Crippen molar-refractivity contribution in [1.82, 2.24) is 0 Å². The Bertz CT molecular complexity index is 366. The van der Waals surface area contributed by atoms with Gasteiger partial charge in [-0.05, 0) is 13.0 Å². The molecule has 15 heavy (non-hydrogen) atoms. The van der Waals surface area contributed by atoms with Crippen molar-refractivity contribution in [3.8, 4) is 0 Å². The minimum Gasteiger partial charge on any atom is -0.409 e. The van der Waals surface area contributed by atoms with Crippen molar-refractivity contribution in [3.63, 3.8) is 0 Å². The van der Waals surface area contributed by atoms with Crippen LogP contribution in [0.1, 0.15) is 18.1 Å². The molecule has 0 saturated carbocycles. The van der Waals surface area contributed by atoms with Gasteiger partial charge in [-0.1, -0.05) is 17.3 Å². The van der Waals surface area contributed by atoms with Gasteiger partial charge >= 0.3 is 0 Å². The Hall–Kier alpha value is -1.62. The van der Waals surface area contributed by atoms with Crippen LogP contribution in [0.5, 0.6) is 0 Å². The number of nitrogens with zero attached hydrogens (tertiary/aromatic N) is 1. The summed E-state index contributed by atoms with van der Waals surface area (Å²) in [4.78, 5) is 0. The van der Waals surface area contributed by atoms with E-state index in [4.69, 9.17) is 15.7 Å². The molecular weight excluding hydrogens is 199 g/mol. The summed E-state index contributed by atoms with van der Waals surface area (Å²) in [7, 11) is 0. The lowest BCUT2D eigenvalue weighted by molar-refractivity contribution is 0.131. The average molecular weight is 212 g/mol. The van der Waals surface area contributed by atoms with Crippen LogP contribution in [0.4, 0.5) is 4.39 Å². The summed E-state index contributed by atoms with van der Waals surface area (Å²) in [5, 5.41) is 11.2. The second-order valence-corrected chi connectivity index (χ2v) is 2.93. The van der Waals surface area contributed by atoms with E-state index in [1.807, 2.05) is 6.92 Å². The second-order valence-electron chi connectivity index (χ2n) is 2.93. The quantitative estimate of drug-likeness (QED) is 0.343. The summed E-state index contributed by atoms with van der Waals surface area (Å²) >= 11 is 0. The largest absolute Gasteiger partial charge is 0.409 e. The van der Waals surface area contributed by atoms with E-state index in [9.17, 15) is 4.39 Å². The highest BCUT2D eigenvalue weighted by atomic mass is 19.1. The molecule has 1 rings (SSSR count). The van der Waals surface area contributed by atoms with E-state index in [2.05, 4.69) is 5.16 Å². The second kappa shape index (κ2) is 5.31. The van der Waals surface area contributed by atoms with Gasteiger partial charge in [0.25, 0.3) is 0 Å². The molecule has 0 heterocycles. The number of amidine groups is 1. The van der Waals surface area contributed by atoms with Gasteiger partial charge in [0.15, 0.2) is 5.84 Å². The summed E-state index contributed by atoms with van der Waals surface area (Å²) < 4.78 is 18.5. The normalized spacial score (nSPS) is 11.7. The van der Waals surface area contributed by atoms with Crippen LogP contribution >= 0.6 is 0 Å². The number of nitrogens with two attached hydrogens (primary N) is 1. The van der Waals surface area contributed by atoms with Gasteiger partial charge < -0.3 is 15.7 Å². The molecule has 4 nitrogen and oxygen atoms in total. The van der Waals surface area contributed by atoms with Crippen LogP contribution < -0.4 is 5.73 Å². The summed E-state index contributed by atoms with van der Waals surface area (Å²) in [6, 6.07) is 4.34. The topological polar surface area (TPSA) is 67.8 Å². The molecule has 1 aromatic carbocycles.